The summed E-state index contributed by atoms with van der Waals surface area (Å²) < 4.78 is 37.4. The number of thioether (sulfide) groups is 1. The topological polar surface area (TPSA) is 40.5 Å². The van der Waals surface area contributed by atoms with Crippen molar-refractivity contribution in [3.05, 3.63) is 30.3 Å². The third-order valence-electron chi connectivity index (χ3n) is 3.78. The molecule has 0 aromatic heterocycles. The summed E-state index contributed by atoms with van der Waals surface area (Å²) in [6, 6.07) is 9.48. The van der Waals surface area contributed by atoms with Crippen LogP contribution < -0.4 is 0 Å². The molecule has 3 nitrogen and oxygen atoms in total. The summed E-state index contributed by atoms with van der Waals surface area (Å²) in [5.41, 5.74) is 0. The average Bonchev–Trinajstić information content (AvgIpc) is 2.52. The van der Waals surface area contributed by atoms with Gasteiger partial charge in [0.1, 0.15) is 0 Å². The highest BCUT2D eigenvalue weighted by molar-refractivity contribution is 8.00. The molecule has 0 radical (unpaired) electrons. The molecule has 0 saturated carbocycles. The zero-order valence-corrected chi connectivity index (χ0v) is 12.7. The summed E-state index contributed by atoms with van der Waals surface area (Å²) in [6.45, 7) is 0.540. The maximum Gasteiger partial charge on any atom is 0.414 e. The molecule has 122 valence electrons. The molecule has 0 aliphatic carbocycles. The second kappa shape index (κ2) is 7.37. The number of carbonyl (C=O) groups is 1. The third kappa shape index (κ3) is 4.64. The van der Waals surface area contributed by atoms with Crippen LogP contribution in [0.25, 0.3) is 0 Å². The Balaban J connectivity index is 1.78. The smallest absolute Gasteiger partial charge is 0.383 e. The third-order valence-corrected chi connectivity index (χ3v) is 4.78. The average molecular weight is 333 g/mol. The van der Waals surface area contributed by atoms with Gasteiger partial charge in [0.25, 0.3) is 0 Å². The number of amides is 1. The van der Waals surface area contributed by atoms with Gasteiger partial charge >= 0.3 is 6.18 Å². The fourth-order valence-corrected chi connectivity index (χ4v) is 3.31. The predicted molar refractivity (Wildman–Crippen MR) is 78.5 cm³/mol. The molecule has 1 unspecified atom stereocenters. The van der Waals surface area contributed by atoms with E-state index in [1.807, 2.05) is 30.3 Å². The van der Waals surface area contributed by atoms with Crippen molar-refractivity contribution in [1.29, 1.82) is 0 Å². The second-order valence-corrected chi connectivity index (χ2v) is 6.36. The molecule has 7 heteroatoms. The van der Waals surface area contributed by atoms with Crippen molar-refractivity contribution in [2.75, 3.05) is 18.8 Å². The zero-order valence-electron chi connectivity index (χ0n) is 11.9. The van der Waals surface area contributed by atoms with Crippen molar-refractivity contribution < 1.29 is 23.1 Å². The number of halogens is 3. The van der Waals surface area contributed by atoms with Gasteiger partial charge in [-0.05, 0) is 30.9 Å². The zero-order chi connectivity index (χ0) is 16.2. The van der Waals surface area contributed by atoms with E-state index in [4.69, 9.17) is 0 Å². The number of benzene rings is 1. The number of aliphatic hydroxyl groups excluding tert-OH is 1. The van der Waals surface area contributed by atoms with E-state index in [2.05, 4.69) is 0 Å². The Morgan fingerprint density at radius 3 is 2.41 bits per heavy atom. The van der Waals surface area contributed by atoms with Crippen molar-refractivity contribution in [3.8, 4) is 0 Å². The molecule has 1 amide bonds. The highest BCUT2D eigenvalue weighted by Gasteiger charge is 2.44. The molecule has 0 bridgehead atoms. The summed E-state index contributed by atoms with van der Waals surface area (Å²) >= 11 is 1.41. The van der Waals surface area contributed by atoms with Crippen molar-refractivity contribution in [2.24, 2.45) is 5.92 Å². The van der Waals surface area contributed by atoms with Gasteiger partial charge in [0.2, 0.25) is 5.91 Å². The Morgan fingerprint density at radius 1 is 1.27 bits per heavy atom. The molecule has 1 aromatic carbocycles. The largest absolute Gasteiger partial charge is 0.414 e. The van der Waals surface area contributed by atoms with Crippen LogP contribution in [0.2, 0.25) is 0 Å². The SMILES string of the molecule is O=C(CSc1ccccc1)N1CCC(C(O)C(F)(F)F)CC1. The van der Waals surface area contributed by atoms with Gasteiger partial charge in [0.05, 0.1) is 5.75 Å². The lowest BCUT2D eigenvalue weighted by Crippen LogP contribution is -2.45. The van der Waals surface area contributed by atoms with Gasteiger partial charge < -0.3 is 10.0 Å². The molecular weight excluding hydrogens is 315 g/mol. The first-order valence-corrected chi connectivity index (χ1v) is 8.07. The molecule has 1 saturated heterocycles. The van der Waals surface area contributed by atoms with E-state index in [0.717, 1.165) is 4.90 Å². The fraction of sp³-hybridized carbons (Fsp3) is 0.533. The van der Waals surface area contributed by atoms with Crippen LogP contribution in [0.4, 0.5) is 13.2 Å². The van der Waals surface area contributed by atoms with Crippen LogP contribution in [0.3, 0.4) is 0 Å². The van der Waals surface area contributed by atoms with Crippen LogP contribution in [0, 0.1) is 5.92 Å². The fourth-order valence-electron chi connectivity index (χ4n) is 2.48. The van der Waals surface area contributed by atoms with Crippen molar-refractivity contribution in [3.63, 3.8) is 0 Å². The quantitative estimate of drug-likeness (QED) is 0.862. The number of carbonyl (C=O) groups excluding carboxylic acids is 1. The number of nitrogens with zero attached hydrogens (tertiary/aromatic N) is 1. The molecule has 1 fully saturated rings. The van der Waals surface area contributed by atoms with Gasteiger partial charge in [-0.15, -0.1) is 11.8 Å². The van der Waals surface area contributed by atoms with Gasteiger partial charge in [0.15, 0.2) is 6.10 Å². The van der Waals surface area contributed by atoms with Gasteiger partial charge in [0, 0.05) is 18.0 Å². The maximum atomic E-state index is 12.5. The minimum absolute atomic E-state index is 0.0752. The van der Waals surface area contributed by atoms with Crippen molar-refractivity contribution >= 4 is 17.7 Å². The van der Waals surface area contributed by atoms with E-state index in [0.29, 0.717) is 0 Å². The highest BCUT2D eigenvalue weighted by Crippen LogP contribution is 2.31. The number of aliphatic hydroxyl groups is 1. The Morgan fingerprint density at radius 2 is 1.86 bits per heavy atom. The van der Waals surface area contributed by atoms with Gasteiger partial charge in [-0.1, -0.05) is 18.2 Å². The normalized spacial score (nSPS) is 18.3. The van der Waals surface area contributed by atoms with E-state index in [1.165, 1.54) is 11.8 Å². The number of hydrogen-bond donors (Lipinski definition) is 1. The molecule has 0 spiro atoms. The first-order valence-electron chi connectivity index (χ1n) is 7.08. The molecule has 1 N–H and O–H groups in total. The minimum Gasteiger partial charge on any atom is -0.383 e. The molecular formula is C15H18F3NO2S. The Kier molecular flexibility index (Phi) is 5.74. The number of alkyl halides is 3. The molecule has 1 atom stereocenters. The minimum atomic E-state index is -4.58. The second-order valence-electron chi connectivity index (χ2n) is 5.31. The summed E-state index contributed by atoms with van der Waals surface area (Å²) in [5, 5.41) is 9.25. The Hall–Kier alpha value is -1.21. The van der Waals surface area contributed by atoms with E-state index < -0.39 is 18.2 Å². The van der Waals surface area contributed by atoms with E-state index >= 15 is 0 Å². The molecule has 1 heterocycles. The number of piperidine rings is 1. The first-order chi connectivity index (χ1) is 10.4. The van der Waals surface area contributed by atoms with E-state index in [-0.39, 0.29) is 37.6 Å². The van der Waals surface area contributed by atoms with Crippen LogP contribution in [0.1, 0.15) is 12.8 Å². The first kappa shape index (κ1) is 17.1. The summed E-state index contributed by atoms with van der Waals surface area (Å²) in [5.74, 6) is -0.615. The Bertz CT molecular complexity index is 487. The molecule has 1 aromatic rings. The van der Waals surface area contributed by atoms with Crippen molar-refractivity contribution in [2.45, 2.75) is 30.0 Å². The van der Waals surface area contributed by atoms with E-state index in [1.54, 1.807) is 4.90 Å². The van der Waals surface area contributed by atoms with Crippen LogP contribution in [0.5, 0.6) is 0 Å². The lowest BCUT2D eigenvalue weighted by Gasteiger charge is -2.34. The Labute approximate surface area is 131 Å². The predicted octanol–water partition coefficient (Wildman–Crippen LogP) is 2.94. The number of hydrogen-bond acceptors (Lipinski definition) is 3. The number of likely N-dealkylation sites (tertiary alicyclic amines) is 1. The van der Waals surface area contributed by atoms with Crippen LogP contribution in [-0.2, 0) is 4.79 Å². The molecule has 2 rings (SSSR count). The lowest BCUT2D eigenvalue weighted by atomic mass is 9.91. The maximum absolute atomic E-state index is 12.5. The van der Waals surface area contributed by atoms with Crippen LogP contribution >= 0.6 is 11.8 Å². The summed E-state index contributed by atoms with van der Waals surface area (Å²) in [7, 11) is 0. The van der Waals surface area contributed by atoms with Crippen LogP contribution in [0.15, 0.2) is 35.2 Å². The number of rotatable bonds is 4. The van der Waals surface area contributed by atoms with E-state index in [9.17, 15) is 23.1 Å². The summed E-state index contributed by atoms with van der Waals surface area (Å²) in [4.78, 5) is 14.6. The lowest BCUT2D eigenvalue weighted by molar-refractivity contribution is -0.222. The molecule has 1 aliphatic heterocycles. The van der Waals surface area contributed by atoms with Crippen LogP contribution in [-0.4, -0.2) is 47.0 Å². The van der Waals surface area contributed by atoms with Gasteiger partial charge in [-0.2, -0.15) is 13.2 Å². The monoisotopic (exact) mass is 333 g/mol. The summed E-state index contributed by atoms with van der Waals surface area (Å²) in [6.07, 6.45) is -6.51. The molecule has 1 aliphatic rings. The molecule has 22 heavy (non-hydrogen) atoms. The van der Waals surface area contributed by atoms with Crippen molar-refractivity contribution in [1.82, 2.24) is 4.90 Å². The van der Waals surface area contributed by atoms with Gasteiger partial charge in [-0.25, -0.2) is 0 Å². The van der Waals surface area contributed by atoms with Gasteiger partial charge in [-0.3, -0.25) is 4.79 Å². The highest BCUT2D eigenvalue weighted by atomic mass is 32.2. The standard InChI is InChI=1S/C15H18F3NO2S/c16-15(17,18)14(21)11-6-8-19(9-7-11)13(20)10-22-12-4-2-1-3-5-12/h1-5,11,14,21H,6-10H2.